The highest BCUT2D eigenvalue weighted by Gasteiger charge is 2.24. The number of rotatable bonds is 4. The van der Waals surface area contributed by atoms with Crippen LogP contribution in [0.4, 0.5) is 0 Å². The molecule has 110 valence electrons. The Bertz CT molecular complexity index is 575. The number of nitrogens with zero attached hydrogens (tertiary/aromatic N) is 3. The lowest BCUT2D eigenvalue weighted by Crippen LogP contribution is -2.21. The van der Waals surface area contributed by atoms with Gasteiger partial charge in [-0.15, -0.1) is 11.3 Å². The molecule has 0 amide bonds. The monoisotopic (exact) mass is 292 g/mol. The van der Waals surface area contributed by atoms with E-state index in [2.05, 4.69) is 56.2 Å². The fraction of sp³-hybridized carbons (Fsp3) is 0.600. The van der Waals surface area contributed by atoms with Crippen molar-refractivity contribution in [3.05, 3.63) is 23.0 Å². The average Bonchev–Trinajstić information content (AvgIpc) is 2.91. The van der Waals surface area contributed by atoms with Gasteiger partial charge in [0.05, 0.1) is 11.3 Å². The van der Waals surface area contributed by atoms with Crippen LogP contribution in [0.3, 0.4) is 0 Å². The van der Waals surface area contributed by atoms with E-state index in [9.17, 15) is 0 Å². The van der Waals surface area contributed by atoms with Crippen LogP contribution in [0.15, 0.2) is 12.4 Å². The maximum atomic E-state index is 4.61. The van der Waals surface area contributed by atoms with Gasteiger partial charge in [0, 0.05) is 42.3 Å². The third-order valence-electron chi connectivity index (χ3n) is 3.01. The average molecular weight is 292 g/mol. The molecule has 20 heavy (non-hydrogen) atoms. The Morgan fingerprint density at radius 3 is 2.65 bits per heavy atom. The minimum absolute atomic E-state index is 0.0264. The van der Waals surface area contributed by atoms with Crippen LogP contribution < -0.4 is 5.32 Å². The smallest absolute Gasteiger partial charge is 0.127 e. The summed E-state index contributed by atoms with van der Waals surface area (Å²) in [6.07, 6.45) is 4.04. The largest absolute Gasteiger partial charge is 0.310 e. The van der Waals surface area contributed by atoms with Gasteiger partial charge in [0.1, 0.15) is 5.01 Å². The molecule has 0 bridgehead atoms. The minimum Gasteiger partial charge on any atom is -0.310 e. The second-order valence-electron chi connectivity index (χ2n) is 6.48. The molecule has 2 heterocycles. The van der Waals surface area contributed by atoms with E-state index in [1.807, 2.05) is 17.9 Å². The summed E-state index contributed by atoms with van der Waals surface area (Å²) in [5.74, 6) is 0. The molecule has 0 fully saturated rings. The maximum absolute atomic E-state index is 4.61. The number of aromatic nitrogens is 3. The lowest BCUT2D eigenvalue weighted by Gasteiger charge is -2.16. The van der Waals surface area contributed by atoms with Crippen LogP contribution in [-0.2, 0) is 19.0 Å². The summed E-state index contributed by atoms with van der Waals surface area (Å²) in [6.45, 7) is 11.7. The standard InChI is InChI=1S/C15H24N4S/c1-10(2)16-7-11-8-17-14(20-11)12-9-19(6)18-13(12)15(3,4)5/h8-10,16H,7H2,1-6H3. The fourth-order valence-electron chi connectivity index (χ4n) is 2.02. The lowest BCUT2D eigenvalue weighted by molar-refractivity contribution is 0.554. The van der Waals surface area contributed by atoms with E-state index in [1.165, 1.54) is 4.88 Å². The molecule has 5 heteroatoms. The summed E-state index contributed by atoms with van der Waals surface area (Å²) < 4.78 is 1.88. The van der Waals surface area contributed by atoms with Crippen molar-refractivity contribution >= 4 is 11.3 Å². The van der Waals surface area contributed by atoms with Crippen LogP contribution in [0.5, 0.6) is 0 Å². The van der Waals surface area contributed by atoms with Crippen molar-refractivity contribution in [2.75, 3.05) is 0 Å². The molecule has 0 aliphatic heterocycles. The van der Waals surface area contributed by atoms with Crippen molar-refractivity contribution in [3.63, 3.8) is 0 Å². The van der Waals surface area contributed by atoms with E-state index in [1.54, 1.807) is 11.3 Å². The van der Waals surface area contributed by atoms with Crippen LogP contribution in [0.2, 0.25) is 0 Å². The molecule has 0 saturated heterocycles. The first-order chi connectivity index (χ1) is 9.27. The van der Waals surface area contributed by atoms with E-state index in [-0.39, 0.29) is 5.41 Å². The van der Waals surface area contributed by atoms with Gasteiger partial charge in [-0.05, 0) is 0 Å². The Hall–Kier alpha value is -1.20. The van der Waals surface area contributed by atoms with E-state index in [4.69, 9.17) is 0 Å². The SMILES string of the molecule is CC(C)NCc1cnc(-c2cn(C)nc2C(C)(C)C)s1. The second-order valence-corrected chi connectivity index (χ2v) is 7.60. The Labute approximate surface area is 125 Å². The molecule has 4 nitrogen and oxygen atoms in total. The van der Waals surface area contributed by atoms with Gasteiger partial charge in [0.15, 0.2) is 0 Å². The van der Waals surface area contributed by atoms with Crippen molar-refractivity contribution in [2.24, 2.45) is 7.05 Å². The van der Waals surface area contributed by atoms with Crippen molar-refractivity contribution in [1.29, 1.82) is 0 Å². The van der Waals surface area contributed by atoms with Gasteiger partial charge in [0.25, 0.3) is 0 Å². The summed E-state index contributed by atoms with van der Waals surface area (Å²) in [4.78, 5) is 5.84. The number of thiazole rings is 1. The van der Waals surface area contributed by atoms with Gasteiger partial charge < -0.3 is 5.32 Å². The minimum atomic E-state index is 0.0264. The molecule has 0 atom stereocenters. The van der Waals surface area contributed by atoms with Gasteiger partial charge in [-0.1, -0.05) is 34.6 Å². The lowest BCUT2D eigenvalue weighted by atomic mass is 9.90. The van der Waals surface area contributed by atoms with E-state index >= 15 is 0 Å². The zero-order valence-electron chi connectivity index (χ0n) is 13.2. The zero-order valence-corrected chi connectivity index (χ0v) is 14.0. The van der Waals surface area contributed by atoms with E-state index in [0.717, 1.165) is 22.8 Å². The molecule has 0 aliphatic carbocycles. The molecule has 1 N–H and O–H groups in total. The molecule has 0 saturated carbocycles. The third-order valence-corrected chi connectivity index (χ3v) is 4.04. The first-order valence-electron chi connectivity index (χ1n) is 7.00. The highest BCUT2D eigenvalue weighted by molar-refractivity contribution is 7.15. The van der Waals surface area contributed by atoms with E-state index in [0.29, 0.717) is 6.04 Å². The van der Waals surface area contributed by atoms with Crippen LogP contribution in [0.1, 0.15) is 45.2 Å². The Balaban J connectivity index is 2.28. The molecular weight excluding hydrogens is 268 g/mol. The molecule has 0 radical (unpaired) electrons. The number of hydrogen-bond donors (Lipinski definition) is 1. The second kappa shape index (κ2) is 5.66. The van der Waals surface area contributed by atoms with Crippen molar-refractivity contribution in [2.45, 2.75) is 52.6 Å². The summed E-state index contributed by atoms with van der Waals surface area (Å²) in [6, 6.07) is 0.490. The topological polar surface area (TPSA) is 42.7 Å². The fourth-order valence-corrected chi connectivity index (χ4v) is 2.89. The Morgan fingerprint density at radius 2 is 2.05 bits per heavy atom. The Kier molecular flexibility index (Phi) is 4.30. The molecule has 2 aromatic heterocycles. The van der Waals surface area contributed by atoms with Crippen LogP contribution in [0.25, 0.3) is 10.6 Å². The van der Waals surface area contributed by atoms with Crippen molar-refractivity contribution in [1.82, 2.24) is 20.1 Å². The summed E-state index contributed by atoms with van der Waals surface area (Å²) >= 11 is 1.74. The highest BCUT2D eigenvalue weighted by atomic mass is 32.1. The normalized spacial score (nSPS) is 12.3. The van der Waals surface area contributed by atoms with E-state index < -0.39 is 0 Å². The molecule has 0 aliphatic rings. The molecule has 2 rings (SSSR count). The van der Waals surface area contributed by atoms with Crippen molar-refractivity contribution < 1.29 is 0 Å². The predicted molar refractivity (Wildman–Crippen MR) is 85.0 cm³/mol. The highest BCUT2D eigenvalue weighted by Crippen LogP contribution is 2.33. The molecule has 0 unspecified atom stereocenters. The summed E-state index contributed by atoms with van der Waals surface area (Å²) in [5, 5.41) is 9.09. The Morgan fingerprint density at radius 1 is 1.35 bits per heavy atom. The first-order valence-corrected chi connectivity index (χ1v) is 7.81. The number of hydrogen-bond acceptors (Lipinski definition) is 4. The summed E-state index contributed by atoms with van der Waals surface area (Å²) in [5.41, 5.74) is 2.29. The third kappa shape index (κ3) is 3.46. The van der Waals surface area contributed by atoms with Crippen LogP contribution in [0, 0.1) is 0 Å². The van der Waals surface area contributed by atoms with Crippen LogP contribution >= 0.6 is 11.3 Å². The summed E-state index contributed by atoms with van der Waals surface area (Å²) in [7, 11) is 1.97. The number of aryl methyl sites for hydroxylation is 1. The van der Waals surface area contributed by atoms with Crippen LogP contribution in [-0.4, -0.2) is 20.8 Å². The molecule has 0 spiro atoms. The molecule has 0 aromatic carbocycles. The van der Waals surface area contributed by atoms with Gasteiger partial charge in [-0.2, -0.15) is 5.10 Å². The maximum Gasteiger partial charge on any atom is 0.127 e. The molecule has 2 aromatic rings. The quantitative estimate of drug-likeness (QED) is 0.940. The van der Waals surface area contributed by atoms with Gasteiger partial charge in [-0.3, -0.25) is 4.68 Å². The first kappa shape index (κ1) is 15.2. The van der Waals surface area contributed by atoms with Gasteiger partial charge >= 0.3 is 0 Å². The zero-order chi connectivity index (χ0) is 14.9. The van der Waals surface area contributed by atoms with Gasteiger partial charge in [0.2, 0.25) is 0 Å². The predicted octanol–water partition coefficient (Wildman–Crippen LogP) is 3.34. The number of nitrogens with one attached hydrogen (secondary N) is 1. The van der Waals surface area contributed by atoms with Gasteiger partial charge in [-0.25, -0.2) is 4.98 Å². The molecular formula is C15H24N4S. The van der Waals surface area contributed by atoms with Crippen molar-refractivity contribution in [3.8, 4) is 10.6 Å².